The predicted octanol–water partition coefficient (Wildman–Crippen LogP) is 2.73. The summed E-state index contributed by atoms with van der Waals surface area (Å²) in [7, 11) is 0. The van der Waals surface area contributed by atoms with Crippen molar-refractivity contribution < 1.29 is 4.79 Å². The van der Waals surface area contributed by atoms with E-state index in [0.717, 1.165) is 18.4 Å². The van der Waals surface area contributed by atoms with Gasteiger partial charge in [-0.15, -0.1) is 0 Å². The smallest absolute Gasteiger partial charge is 0.257 e. The molecular formula is C18H19N3O. The number of carbonyl (C=O) groups excluding carboxylic acids is 1. The molecule has 1 unspecified atom stereocenters. The lowest BCUT2D eigenvalue weighted by Gasteiger charge is -2.09. The van der Waals surface area contributed by atoms with Gasteiger partial charge in [0.2, 0.25) is 0 Å². The van der Waals surface area contributed by atoms with E-state index in [1.807, 2.05) is 31.2 Å². The number of fused-ring (bicyclic) bond motifs is 1. The van der Waals surface area contributed by atoms with Crippen molar-refractivity contribution in [3.05, 3.63) is 70.8 Å². The summed E-state index contributed by atoms with van der Waals surface area (Å²) in [5.74, 6) is -0.0557. The Bertz CT molecular complexity index is 719. The number of nitrogens with one attached hydrogen (secondary N) is 1. The molecular weight excluding hydrogens is 274 g/mol. The summed E-state index contributed by atoms with van der Waals surface area (Å²) in [6, 6.07) is 15.6. The van der Waals surface area contributed by atoms with Crippen molar-refractivity contribution in [2.45, 2.75) is 25.8 Å². The van der Waals surface area contributed by atoms with Gasteiger partial charge < -0.3 is 5.73 Å². The molecule has 1 aliphatic carbocycles. The monoisotopic (exact) mass is 293 g/mol. The molecule has 0 fully saturated rings. The number of nitrogens with two attached hydrogens (primary N) is 1. The standard InChI is InChI=1S/C18H19N3O/c1-12-6-8-14(9-7-12)17(22)21-18(19)20-16-11-10-13-4-2-3-5-15(13)16/h2-9,16H,10-11H2,1H3,(H3,19,20,21,22). The van der Waals surface area contributed by atoms with Gasteiger partial charge in [-0.25, -0.2) is 4.99 Å². The van der Waals surface area contributed by atoms with Crippen LogP contribution < -0.4 is 11.1 Å². The van der Waals surface area contributed by atoms with Crippen LogP contribution in [-0.4, -0.2) is 11.9 Å². The zero-order chi connectivity index (χ0) is 15.5. The Morgan fingerprint density at radius 3 is 2.68 bits per heavy atom. The molecule has 0 aliphatic heterocycles. The summed E-state index contributed by atoms with van der Waals surface area (Å²) < 4.78 is 0. The third-order valence-corrected chi connectivity index (χ3v) is 3.95. The molecule has 112 valence electrons. The van der Waals surface area contributed by atoms with E-state index in [9.17, 15) is 4.79 Å². The fraction of sp³-hybridized carbons (Fsp3) is 0.222. The van der Waals surface area contributed by atoms with Gasteiger partial charge in [-0.1, -0.05) is 42.0 Å². The summed E-state index contributed by atoms with van der Waals surface area (Å²) in [6.45, 7) is 1.98. The van der Waals surface area contributed by atoms with Crippen molar-refractivity contribution in [3.63, 3.8) is 0 Å². The van der Waals surface area contributed by atoms with E-state index in [1.54, 1.807) is 12.1 Å². The number of amides is 1. The number of nitrogens with zero attached hydrogens (tertiary/aromatic N) is 1. The average molecular weight is 293 g/mol. The number of carbonyl (C=O) groups is 1. The zero-order valence-corrected chi connectivity index (χ0v) is 12.5. The fourth-order valence-electron chi connectivity index (χ4n) is 2.76. The molecule has 4 nitrogen and oxygen atoms in total. The normalized spacial score (nSPS) is 17.1. The quantitative estimate of drug-likeness (QED) is 0.660. The van der Waals surface area contributed by atoms with Crippen LogP contribution in [0.2, 0.25) is 0 Å². The summed E-state index contributed by atoms with van der Waals surface area (Å²) in [4.78, 5) is 16.6. The van der Waals surface area contributed by atoms with Crippen molar-refractivity contribution >= 4 is 11.9 Å². The maximum Gasteiger partial charge on any atom is 0.257 e. The Morgan fingerprint density at radius 2 is 1.91 bits per heavy atom. The Kier molecular flexibility index (Phi) is 3.92. The van der Waals surface area contributed by atoms with Gasteiger partial charge in [-0.05, 0) is 43.0 Å². The summed E-state index contributed by atoms with van der Waals surface area (Å²) in [5.41, 5.74) is 10.1. The van der Waals surface area contributed by atoms with Gasteiger partial charge in [-0.3, -0.25) is 10.1 Å². The van der Waals surface area contributed by atoms with Crippen molar-refractivity contribution in [1.82, 2.24) is 5.32 Å². The molecule has 1 atom stereocenters. The Labute approximate surface area is 130 Å². The molecule has 0 saturated heterocycles. The third-order valence-electron chi connectivity index (χ3n) is 3.95. The van der Waals surface area contributed by atoms with Gasteiger partial charge in [0, 0.05) is 5.56 Å². The van der Waals surface area contributed by atoms with Crippen molar-refractivity contribution in [1.29, 1.82) is 0 Å². The number of rotatable bonds is 2. The first-order valence-corrected chi connectivity index (χ1v) is 7.42. The van der Waals surface area contributed by atoms with E-state index in [2.05, 4.69) is 22.4 Å². The second-order valence-corrected chi connectivity index (χ2v) is 5.59. The number of hydrogen-bond donors (Lipinski definition) is 2. The number of aliphatic imine (C=N–C) groups is 1. The minimum Gasteiger partial charge on any atom is -0.370 e. The Morgan fingerprint density at radius 1 is 1.18 bits per heavy atom. The number of benzene rings is 2. The van der Waals surface area contributed by atoms with E-state index in [0.29, 0.717) is 5.56 Å². The first-order valence-electron chi connectivity index (χ1n) is 7.42. The van der Waals surface area contributed by atoms with E-state index >= 15 is 0 Å². The molecule has 4 heteroatoms. The molecule has 3 N–H and O–H groups in total. The molecule has 0 spiro atoms. The average Bonchev–Trinajstić information content (AvgIpc) is 2.91. The van der Waals surface area contributed by atoms with Gasteiger partial charge >= 0.3 is 0 Å². The van der Waals surface area contributed by atoms with Gasteiger partial charge in [0.25, 0.3) is 5.91 Å². The molecule has 1 aliphatic rings. The van der Waals surface area contributed by atoms with Gasteiger partial charge in [0.15, 0.2) is 5.96 Å². The number of guanidine groups is 1. The van der Waals surface area contributed by atoms with E-state index in [4.69, 9.17) is 5.73 Å². The highest BCUT2D eigenvalue weighted by Gasteiger charge is 2.21. The SMILES string of the molecule is Cc1ccc(C(=O)NC(N)=NC2CCc3ccccc32)cc1. The van der Waals surface area contributed by atoms with E-state index in [-0.39, 0.29) is 17.9 Å². The van der Waals surface area contributed by atoms with Crippen LogP contribution in [0.4, 0.5) is 0 Å². The van der Waals surface area contributed by atoms with Crippen LogP contribution in [0, 0.1) is 6.92 Å². The molecule has 0 bridgehead atoms. The van der Waals surface area contributed by atoms with E-state index in [1.165, 1.54) is 11.1 Å². The van der Waals surface area contributed by atoms with Gasteiger partial charge in [-0.2, -0.15) is 0 Å². The van der Waals surface area contributed by atoms with Gasteiger partial charge in [0.05, 0.1) is 6.04 Å². The maximum absolute atomic E-state index is 12.1. The van der Waals surface area contributed by atoms with Crippen LogP contribution >= 0.6 is 0 Å². The molecule has 3 rings (SSSR count). The lowest BCUT2D eigenvalue weighted by Crippen LogP contribution is -2.37. The Hall–Kier alpha value is -2.62. The van der Waals surface area contributed by atoms with E-state index < -0.39 is 0 Å². The summed E-state index contributed by atoms with van der Waals surface area (Å²) in [6.07, 6.45) is 1.93. The lowest BCUT2D eigenvalue weighted by atomic mass is 10.1. The van der Waals surface area contributed by atoms with Crippen LogP contribution in [0.1, 0.15) is 39.5 Å². The molecule has 0 radical (unpaired) electrons. The Balaban J connectivity index is 1.71. The molecule has 2 aromatic carbocycles. The zero-order valence-electron chi connectivity index (χ0n) is 12.5. The summed E-state index contributed by atoms with van der Waals surface area (Å²) >= 11 is 0. The van der Waals surface area contributed by atoms with Crippen LogP contribution in [0.5, 0.6) is 0 Å². The van der Waals surface area contributed by atoms with Crippen LogP contribution in [0.15, 0.2) is 53.5 Å². The molecule has 0 saturated carbocycles. The van der Waals surface area contributed by atoms with Crippen LogP contribution in [-0.2, 0) is 6.42 Å². The molecule has 22 heavy (non-hydrogen) atoms. The summed E-state index contributed by atoms with van der Waals surface area (Å²) in [5, 5.41) is 2.66. The minimum atomic E-state index is -0.229. The number of aryl methyl sites for hydroxylation is 2. The molecule has 1 amide bonds. The molecule has 0 aromatic heterocycles. The second-order valence-electron chi connectivity index (χ2n) is 5.59. The third kappa shape index (κ3) is 3.01. The number of hydrogen-bond acceptors (Lipinski definition) is 2. The highest BCUT2D eigenvalue weighted by molar-refractivity contribution is 6.05. The largest absolute Gasteiger partial charge is 0.370 e. The van der Waals surface area contributed by atoms with Gasteiger partial charge in [0.1, 0.15) is 0 Å². The second kappa shape index (κ2) is 6.02. The highest BCUT2D eigenvalue weighted by atomic mass is 16.1. The highest BCUT2D eigenvalue weighted by Crippen LogP contribution is 2.33. The minimum absolute atomic E-state index is 0.0366. The molecule has 0 heterocycles. The first kappa shape index (κ1) is 14.3. The van der Waals surface area contributed by atoms with Crippen LogP contribution in [0.3, 0.4) is 0 Å². The van der Waals surface area contributed by atoms with Crippen LogP contribution in [0.25, 0.3) is 0 Å². The molecule has 2 aromatic rings. The lowest BCUT2D eigenvalue weighted by molar-refractivity contribution is 0.0976. The predicted molar refractivity (Wildman–Crippen MR) is 87.8 cm³/mol. The maximum atomic E-state index is 12.1. The first-order chi connectivity index (χ1) is 10.6. The van der Waals surface area contributed by atoms with Crippen molar-refractivity contribution in [2.24, 2.45) is 10.7 Å². The topological polar surface area (TPSA) is 67.5 Å². The van der Waals surface area contributed by atoms with Crippen molar-refractivity contribution in [3.8, 4) is 0 Å². The van der Waals surface area contributed by atoms with Crippen molar-refractivity contribution in [2.75, 3.05) is 0 Å². The fourth-order valence-corrected chi connectivity index (χ4v) is 2.76.